The normalized spacial score (nSPS) is 22.2. The number of aromatic nitrogens is 3. The molecule has 0 aromatic carbocycles. The molecule has 3 heterocycles. The lowest BCUT2D eigenvalue weighted by atomic mass is 10.1. The van der Waals surface area contributed by atoms with Crippen molar-refractivity contribution < 1.29 is 5.11 Å². The van der Waals surface area contributed by atoms with Crippen LogP contribution in [0.1, 0.15) is 30.1 Å². The first-order valence-electron chi connectivity index (χ1n) is 8.16. The molecule has 0 spiro atoms. The van der Waals surface area contributed by atoms with Gasteiger partial charge in [-0.05, 0) is 31.4 Å². The van der Waals surface area contributed by atoms with Gasteiger partial charge in [-0.1, -0.05) is 6.07 Å². The van der Waals surface area contributed by atoms with Crippen LogP contribution >= 0.6 is 0 Å². The van der Waals surface area contributed by atoms with Crippen LogP contribution in [0.4, 0.5) is 0 Å². The molecule has 0 amide bonds. The van der Waals surface area contributed by atoms with Crippen molar-refractivity contribution in [2.45, 2.75) is 38.5 Å². The van der Waals surface area contributed by atoms with Crippen LogP contribution in [0.3, 0.4) is 0 Å². The molecule has 2 aromatic rings. The monoisotopic (exact) mass is 330 g/mol. The molecule has 2 N–H and O–H groups in total. The Balaban J connectivity index is 1.72. The fourth-order valence-electron chi connectivity index (χ4n) is 3.15. The third-order valence-electron chi connectivity index (χ3n) is 4.51. The van der Waals surface area contributed by atoms with E-state index < -0.39 is 17.4 Å². The molecular weight excluding hydrogens is 308 g/mol. The fraction of sp³-hybridized carbons (Fsp3) is 0.471. The zero-order chi connectivity index (χ0) is 17.1. The Hall–Kier alpha value is -2.25. The van der Waals surface area contributed by atoms with E-state index in [2.05, 4.69) is 20.9 Å². The van der Waals surface area contributed by atoms with Crippen LogP contribution in [0.2, 0.25) is 0 Å². The Labute approximate surface area is 139 Å². The highest BCUT2D eigenvalue weighted by Gasteiger charge is 2.26. The molecule has 0 unspecified atom stereocenters. The summed E-state index contributed by atoms with van der Waals surface area (Å²) in [6, 6.07) is 5.04. The summed E-state index contributed by atoms with van der Waals surface area (Å²) in [6.45, 7) is 4.25. The molecule has 1 aliphatic heterocycles. The summed E-state index contributed by atoms with van der Waals surface area (Å²) in [7, 11) is 0. The van der Waals surface area contributed by atoms with E-state index in [1.54, 1.807) is 0 Å². The van der Waals surface area contributed by atoms with Gasteiger partial charge in [0.05, 0.1) is 12.1 Å². The summed E-state index contributed by atoms with van der Waals surface area (Å²) in [5.74, 6) is 0. The highest BCUT2D eigenvalue weighted by molar-refractivity contribution is 5.13. The number of rotatable bonds is 3. The summed E-state index contributed by atoms with van der Waals surface area (Å²) >= 11 is 0. The van der Waals surface area contributed by atoms with Crippen molar-refractivity contribution in [3.05, 3.63) is 62.7 Å². The van der Waals surface area contributed by atoms with Gasteiger partial charge in [-0.2, -0.15) is 0 Å². The molecule has 2 atom stereocenters. The molecule has 1 saturated heterocycles. The average Bonchev–Trinajstić information content (AvgIpc) is 2.72. The molecule has 0 saturated carbocycles. The predicted octanol–water partition coefficient (Wildman–Crippen LogP) is 0.438. The lowest BCUT2D eigenvalue weighted by molar-refractivity contribution is 0.105. The lowest BCUT2D eigenvalue weighted by Crippen LogP contribution is -2.36. The number of hydrogen-bond donors (Lipinski definition) is 2. The summed E-state index contributed by atoms with van der Waals surface area (Å²) in [6.07, 6.45) is 3.95. The molecule has 7 heteroatoms. The van der Waals surface area contributed by atoms with Gasteiger partial charge in [0.2, 0.25) is 0 Å². The van der Waals surface area contributed by atoms with Crippen LogP contribution in [0, 0.1) is 6.92 Å². The molecule has 24 heavy (non-hydrogen) atoms. The zero-order valence-corrected chi connectivity index (χ0v) is 13.7. The molecule has 0 radical (unpaired) electrons. The number of aliphatic hydroxyl groups excluding tert-OH is 1. The lowest BCUT2D eigenvalue weighted by Gasteiger charge is -2.22. The van der Waals surface area contributed by atoms with Crippen molar-refractivity contribution in [3.8, 4) is 0 Å². The maximum atomic E-state index is 12.0. The van der Waals surface area contributed by atoms with Gasteiger partial charge in [0.25, 0.3) is 5.56 Å². The van der Waals surface area contributed by atoms with Gasteiger partial charge in [-0.25, -0.2) is 4.79 Å². The number of nitrogens with one attached hydrogen (secondary N) is 1. The summed E-state index contributed by atoms with van der Waals surface area (Å²) in [5.41, 5.74) is 1.23. The Morgan fingerprint density at radius 3 is 2.75 bits per heavy atom. The number of H-pyrrole nitrogens is 1. The van der Waals surface area contributed by atoms with Crippen molar-refractivity contribution in [1.82, 2.24) is 19.4 Å². The van der Waals surface area contributed by atoms with Crippen molar-refractivity contribution in [2.24, 2.45) is 0 Å². The first-order chi connectivity index (χ1) is 11.5. The van der Waals surface area contributed by atoms with E-state index in [9.17, 15) is 14.7 Å². The Kier molecular flexibility index (Phi) is 4.92. The first kappa shape index (κ1) is 16.6. The van der Waals surface area contributed by atoms with E-state index in [0.717, 1.165) is 30.9 Å². The minimum Gasteiger partial charge on any atom is -0.391 e. The molecular formula is C17H22N4O3. The zero-order valence-electron chi connectivity index (χ0n) is 13.7. The second kappa shape index (κ2) is 7.11. The molecule has 1 aliphatic rings. The van der Waals surface area contributed by atoms with Crippen LogP contribution in [0.15, 0.2) is 40.2 Å². The summed E-state index contributed by atoms with van der Waals surface area (Å²) in [5, 5.41) is 10.4. The largest absolute Gasteiger partial charge is 0.391 e. The average molecular weight is 330 g/mol. The van der Waals surface area contributed by atoms with Gasteiger partial charge in [0.1, 0.15) is 0 Å². The number of nitrogens with zero attached hydrogens (tertiary/aromatic N) is 3. The van der Waals surface area contributed by atoms with E-state index in [0.29, 0.717) is 12.8 Å². The molecule has 0 aliphatic carbocycles. The smallest absolute Gasteiger partial charge is 0.328 e. The number of pyridine rings is 1. The van der Waals surface area contributed by atoms with Gasteiger partial charge in [0.15, 0.2) is 0 Å². The van der Waals surface area contributed by atoms with E-state index in [-0.39, 0.29) is 6.04 Å². The molecule has 2 aromatic heterocycles. The quantitative estimate of drug-likeness (QED) is 0.852. The van der Waals surface area contributed by atoms with Crippen LogP contribution in [0.25, 0.3) is 0 Å². The van der Waals surface area contributed by atoms with Crippen molar-refractivity contribution in [3.63, 3.8) is 0 Å². The molecule has 7 nitrogen and oxygen atoms in total. The Morgan fingerprint density at radius 1 is 1.25 bits per heavy atom. The molecule has 128 valence electrons. The molecule has 1 fully saturated rings. The van der Waals surface area contributed by atoms with E-state index in [1.807, 2.05) is 19.2 Å². The number of hydrogen-bond acceptors (Lipinski definition) is 5. The standard InChI is InChI=1S/C17H22N4O3/c1-12-2-3-13(10-18-12)11-20-7-4-14(15(22)5-8-20)21-9-6-16(23)19-17(21)24/h2-3,6,9-10,14-15,22H,4-5,7-8,11H2,1H3,(H,19,23,24)/t14-,15-/m0/s1. The second-order valence-electron chi connectivity index (χ2n) is 6.31. The van der Waals surface area contributed by atoms with Crippen LogP contribution in [0.5, 0.6) is 0 Å². The third-order valence-corrected chi connectivity index (χ3v) is 4.51. The fourth-order valence-corrected chi connectivity index (χ4v) is 3.15. The minimum absolute atomic E-state index is 0.324. The Bertz CT molecular complexity index is 796. The number of aliphatic hydroxyl groups is 1. The van der Waals surface area contributed by atoms with E-state index >= 15 is 0 Å². The minimum atomic E-state index is -0.616. The van der Waals surface area contributed by atoms with Crippen molar-refractivity contribution >= 4 is 0 Å². The summed E-state index contributed by atoms with van der Waals surface area (Å²) < 4.78 is 1.43. The maximum absolute atomic E-state index is 12.0. The number of aromatic amines is 1. The van der Waals surface area contributed by atoms with Crippen molar-refractivity contribution in [2.75, 3.05) is 13.1 Å². The van der Waals surface area contributed by atoms with Gasteiger partial charge < -0.3 is 5.11 Å². The number of aryl methyl sites for hydroxylation is 1. The maximum Gasteiger partial charge on any atom is 0.328 e. The van der Waals surface area contributed by atoms with Crippen LogP contribution in [-0.4, -0.2) is 43.7 Å². The van der Waals surface area contributed by atoms with Gasteiger partial charge in [-0.15, -0.1) is 0 Å². The highest BCUT2D eigenvalue weighted by atomic mass is 16.3. The topological polar surface area (TPSA) is 91.2 Å². The number of likely N-dealkylation sites (tertiary alicyclic amines) is 1. The van der Waals surface area contributed by atoms with Crippen LogP contribution in [-0.2, 0) is 6.54 Å². The SMILES string of the molecule is Cc1ccc(CN2CC[C@H](O)[C@@H](n3ccc(=O)[nH]c3=O)CC2)cn1. The van der Waals surface area contributed by atoms with Gasteiger partial charge in [-0.3, -0.25) is 24.2 Å². The second-order valence-corrected chi connectivity index (χ2v) is 6.31. The van der Waals surface area contributed by atoms with Crippen LogP contribution < -0.4 is 11.2 Å². The molecule has 0 bridgehead atoms. The van der Waals surface area contributed by atoms with Gasteiger partial charge in [0, 0.05) is 43.8 Å². The summed E-state index contributed by atoms with van der Waals surface area (Å²) in [4.78, 5) is 32.0. The first-order valence-corrected chi connectivity index (χ1v) is 8.16. The predicted molar refractivity (Wildman–Crippen MR) is 89.9 cm³/mol. The highest BCUT2D eigenvalue weighted by Crippen LogP contribution is 2.22. The Morgan fingerprint density at radius 2 is 2.04 bits per heavy atom. The van der Waals surface area contributed by atoms with E-state index in [1.165, 1.54) is 16.8 Å². The third kappa shape index (κ3) is 3.80. The van der Waals surface area contributed by atoms with Crippen molar-refractivity contribution in [1.29, 1.82) is 0 Å². The molecule has 3 rings (SSSR count). The van der Waals surface area contributed by atoms with Gasteiger partial charge >= 0.3 is 5.69 Å². The van der Waals surface area contributed by atoms with E-state index in [4.69, 9.17) is 0 Å².